The maximum Gasteiger partial charge on any atom is 0.159 e. The number of nitriles is 1. The zero-order chi connectivity index (χ0) is 13.0. The van der Waals surface area contributed by atoms with Crippen molar-refractivity contribution in [1.82, 2.24) is 4.98 Å². The van der Waals surface area contributed by atoms with E-state index in [1.165, 1.54) is 12.1 Å². The highest BCUT2D eigenvalue weighted by atomic mass is 19.2. The minimum absolute atomic E-state index is 0.411. The van der Waals surface area contributed by atoms with Crippen LogP contribution in [0.5, 0.6) is 0 Å². The fourth-order valence-corrected chi connectivity index (χ4v) is 1.56. The number of pyridine rings is 1. The Morgan fingerprint density at radius 2 is 2.00 bits per heavy atom. The summed E-state index contributed by atoms with van der Waals surface area (Å²) in [4.78, 5) is 4.09. The molecule has 1 aromatic carbocycles. The van der Waals surface area contributed by atoms with Crippen LogP contribution in [0.4, 0.5) is 8.78 Å². The van der Waals surface area contributed by atoms with Crippen LogP contribution in [0, 0.1) is 23.0 Å². The van der Waals surface area contributed by atoms with Gasteiger partial charge in [-0.2, -0.15) is 5.26 Å². The summed E-state index contributed by atoms with van der Waals surface area (Å²) in [5.41, 5.74) is 1.40. The van der Waals surface area contributed by atoms with Gasteiger partial charge in [-0.25, -0.2) is 8.78 Å². The van der Waals surface area contributed by atoms with Crippen LogP contribution < -0.4 is 0 Å². The molecule has 1 heterocycles. The minimum atomic E-state index is -0.952. The quantitative estimate of drug-likeness (QED) is 0.757. The molecule has 18 heavy (non-hydrogen) atoms. The van der Waals surface area contributed by atoms with E-state index in [4.69, 9.17) is 5.26 Å². The molecule has 1 aromatic heterocycles. The number of rotatable bonds is 2. The molecule has 88 valence electrons. The first kappa shape index (κ1) is 11.9. The Labute approximate surface area is 103 Å². The standard InChI is InChI=1S/C14H8F2N2/c15-12-5-4-10(9-13(12)16)11(6-7-17)14-3-1-2-8-18-14/h1-6,8-9H/b11-6+. The van der Waals surface area contributed by atoms with Gasteiger partial charge in [-0.1, -0.05) is 12.1 Å². The molecule has 2 aromatic rings. The van der Waals surface area contributed by atoms with Crippen molar-refractivity contribution in [2.75, 3.05) is 0 Å². The molecule has 2 rings (SSSR count). The van der Waals surface area contributed by atoms with E-state index in [2.05, 4.69) is 4.98 Å². The molecule has 4 heteroatoms. The third kappa shape index (κ3) is 2.41. The van der Waals surface area contributed by atoms with Crippen molar-refractivity contribution in [3.8, 4) is 6.07 Å². The largest absolute Gasteiger partial charge is 0.256 e. The summed E-state index contributed by atoms with van der Waals surface area (Å²) in [5, 5.41) is 8.76. The first-order chi connectivity index (χ1) is 8.72. The van der Waals surface area contributed by atoms with Gasteiger partial charge in [0.25, 0.3) is 0 Å². The van der Waals surface area contributed by atoms with Gasteiger partial charge in [0.05, 0.1) is 11.8 Å². The van der Waals surface area contributed by atoms with E-state index in [0.717, 1.165) is 12.1 Å². The average molecular weight is 242 g/mol. The SMILES string of the molecule is N#C/C=C(\c1ccc(F)c(F)c1)c1ccccn1. The van der Waals surface area contributed by atoms with Gasteiger partial charge in [-0.3, -0.25) is 4.98 Å². The third-order valence-electron chi connectivity index (χ3n) is 2.38. The predicted octanol–water partition coefficient (Wildman–Crippen LogP) is 3.32. The Balaban J connectivity index is 2.53. The topological polar surface area (TPSA) is 36.7 Å². The molecule has 0 saturated carbocycles. The summed E-state index contributed by atoms with van der Waals surface area (Å²) in [6.45, 7) is 0. The van der Waals surface area contributed by atoms with Crippen LogP contribution in [0.2, 0.25) is 0 Å². The van der Waals surface area contributed by atoms with Gasteiger partial charge in [0, 0.05) is 17.8 Å². The number of hydrogen-bond donors (Lipinski definition) is 0. The maximum absolute atomic E-state index is 13.2. The lowest BCUT2D eigenvalue weighted by Gasteiger charge is -2.06. The van der Waals surface area contributed by atoms with Crippen molar-refractivity contribution in [3.05, 3.63) is 71.6 Å². The average Bonchev–Trinajstić information content (AvgIpc) is 2.40. The van der Waals surface area contributed by atoms with Gasteiger partial charge in [-0.05, 0) is 29.8 Å². The molecule has 0 saturated heterocycles. The van der Waals surface area contributed by atoms with Crippen LogP contribution in [0.25, 0.3) is 5.57 Å². The highest BCUT2D eigenvalue weighted by Crippen LogP contribution is 2.22. The molecule has 0 aliphatic carbocycles. The van der Waals surface area contributed by atoms with Gasteiger partial charge >= 0.3 is 0 Å². The van der Waals surface area contributed by atoms with E-state index in [1.54, 1.807) is 24.4 Å². The van der Waals surface area contributed by atoms with E-state index in [9.17, 15) is 8.78 Å². The minimum Gasteiger partial charge on any atom is -0.256 e. The van der Waals surface area contributed by atoms with Crippen LogP contribution in [-0.4, -0.2) is 4.98 Å². The fourth-order valence-electron chi connectivity index (χ4n) is 1.56. The highest BCUT2D eigenvalue weighted by molar-refractivity contribution is 5.79. The van der Waals surface area contributed by atoms with E-state index < -0.39 is 11.6 Å². The Morgan fingerprint density at radius 1 is 1.17 bits per heavy atom. The second-order valence-electron chi connectivity index (χ2n) is 3.53. The number of halogens is 2. The van der Waals surface area contributed by atoms with Crippen molar-refractivity contribution in [2.24, 2.45) is 0 Å². The Hall–Kier alpha value is -2.54. The maximum atomic E-state index is 13.2. The summed E-state index contributed by atoms with van der Waals surface area (Å²) >= 11 is 0. The van der Waals surface area contributed by atoms with Gasteiger partial charge in [0.1, 0.15) is 0 Å². The lowest BCUT2D eigenvalue weighted by Crippen LogP contribution is -1.93. The molecular formula is C14H8F2N2. The lowest BCUT2D eigenvalue weighted by atomic mass is 10.0. The second-order valence-corrected chi connectivity index (χ2v) is 3.53. The van der Waals surface area contributed by atoms with Crippen molar-refractivity contribution in [2.45, 2.75) is 0 Å². The number of nitrogens with zero attached hydrogens (tertiary/aromatic N) is 2. The van der Waals surface area contributed by atoms with Gasteiger partial charge < -0.3 is 0 Å². The normalized spacial score (nSPS) is 11.1. The molecule has 0 amide bonds. The molecule has 0 fully saturated rings. The van der Waals surface area contributed by atoms with Crippen LogP contribution in [-0.2, 0) is 0 Å². The van der Waals surface area contributed by atoms with Crippen LogP contribution >= 0.6 is 0 Å². The molecular weight excluding hydrogens is 234 g/mol. The van der Waals surface area contributed by atoms with Gasteiger partial charge in [0.15, 0.2) is 11.6 Å². The predicted molar refractivity (Wildman–Crippen MR) is 63.3 cm³/mol. The van der Waals surface area contributed by atoms with Crippen molar-refractivity contribution in [1.29, 1.82) is 5.26 Å². The molecule has 2 nitrogen and oxygen atoms in total. The smallest absolute Gasteiger partial charge is 0.159 e. The van der Waals surface area contributed by atoms with Crippen LogP contribution in [0.1, 0.15) is 11.3 Å². The van der Waals surface area contributed by atoms with Gasteiger partial charge in [-0.15, -0.1) is 0 Å². The number of aromatic nitrogens is 1. The van der Waals surface area contributed by atoms with E-state index >= 15 is 0 Å². The molecule has 0 radical (unpaired) electrons. The summed E-state index contributed by atoms with van der Waals surface area (Å²) in [5.74, 6) is -1.87. The number of hydrogen-bond acceptors (Lipinski definition) is 2. The lowest BCUT2D eigenvalue weighted by molar-refractivity contribution is 0.508. The van der Waals surface area contributed by atoms with Crippen molar-refractivity contribution >= 4 is 5.57 Å². The molecule has 0 bridgehead atoms. The molecule has 0 N–H and O–H groups in total. The van der Waals surface area contributed by atoms with E-state index in [0.29, 0.717) is 16.8 Å². The first-order valence-electron chi connectivity index (χ1n) is 5.19. The third-order valence-corrected chi connectivity index (χ3v) is 2.38. The zero-order valence-electron chi connectivity index (χ0n) is 9.27. The van der Waals surface area contributed by atoms with Gasteiger partial charge in [0.2, 0.25) is 0 Å². The molecule has 0 aliphatic heterocycles. The van der Waals surface area contributed by atoms with Crippen molar-refractivity contribution < 1.29 is 8.78 Å². The second kappa shape index (κ2) is 5.19. The summed E-state index contributed by atoms with van der Waals surface area (Å²) in [6, 6.07) is 10.6. The molecule has 0 atom stereocenters. The fraction of sp³-hybridized carbons (Fsp3) is 0. The monoisotopic (exact) mass is 242 g/mol. The highest BCUT2D eigenvalue weighted by Gasteiger charge is 2.09. The van der Waals surface area contributed by atoms with Crippen LogP contribution in [0.15, 0.2) is 48.7 Å². The summed E-state index contributed by atoms with van der Waals surface area (Å²) in [7, 11) is 0. The molecule has 0 aliphatic rings. The Morgan fingerprint density at radius 3 is 2.61 bits per heavy atom. The molecule has 0 spiro atoms. The van der Waals surface area contributed by atoms with E-state index in [1.807, 2.05) is 6.07 Å². The first-order valence-corrected chi connectivity index (χ1v) is 5.19. The molecule has 0 unspecified atom stereocenters. The van der Waals surface area contributed by atoms with E-state index in [-0.39, 0.29) is 0 Å². The number of benzene rings is 1. The van der Waals surface area contributed by atoms with Crippen molar-refractivity contribution in [3.63, 3.8) is 0 Å². The van der Waals surface area contributed by atoms with Crippen LogP contribution in [0.3, 0.4) is 0 Å². The summed E-state index contributed by atoms with van der Waals surface area (Å²) in [6.07, 6.45) is 2.83. The summed E-state index contributed by atoms with van der Waals surface area (Å²) < 4.78 is 26.1. The number of allylic oxidation sites excluding steroid dienone is 1. The Bertz CT molecular complexity index is 628. The zero-order valence-corrected chi connectivity index (χ0v) is 9.27. The Kier molecular flexibility index (Phi) is 3.44.